The fourth-order valence-electron chi connectivity index (χ4n) is 1.60. The molecule has 0 aromatic carbocycles. The summed E-state index contributed by atoms with van der Waals surface area (Å²) in [6.45, 7) is 13.3. The van der Waals surface area contributed by atoms with Gasteiger partial charge in [0.2, 0.25) is 0 Å². The molecule has 0 saturated heterocycles. The van der Waals surface area contributed by atoms with E-state index in [9.17, 15) is 0 Å². The average Bonchev–Trinajstić information content (AvgIpc) is 2.31. The molecule has 0 aromatic rings. The first-order valence-corrected chi connectivity index (χ1v) is 7.96. The molecule has 0 rings (SSSR count). The first kappa shape index (κ1) is 17.1. The zero-order valence-corrected chi connectivity index (χ0v) is 14.6. The average molecular weight is 261 g/mol. The molecule has 0 bridgehead atoms. The van der Waals surface area contributed by atoms with Gasteiger partial charge in [0.15, 0.2) is 0 Å². The smallest absolute Gasteiger partial charge is 0.122 e. The molecule has 0 radical (unpaired) electrons. The van der Waals surface area contributed by atoms with Gasteiger partial charge in [0.05, 0.1) is 10.2 Å². The first-order valence-electron chi connectivity index (χ1n) is 6.96. The molecule has 0 aromatic heterocycles. The second-order valence-corrected chi connectivity index (χ2v) is 6.58. The Morgan fingerprint density at radius 3 is 1.94 bits per heavy atom. The minimum atomic E-state index is -0.284. The van der Waals surface area contributed by atoms with Crippen LogP contribution in [0.3, 0.4) is 0 Å². The van der Waals surface area contributed by atoms with Crippen molar-refractivity contribution in [3.8, 4) is 0 Å². The van der Waals surface area contributed by atoms with E-state index in [-0.39, 0.29) is 10.9 Å². The largest absolute Gasteiger partial charge is 0.372 e. The van der Waals surface area contributed by atoms with E-state index in [4.69, 9.17) is 9.47 Å². The highest BCUT2D eigenvalue weighted by Crippen LogP contribution is 2.25. The van der Waals surface area contributed by atoms with Crippen molar-refractivity contribution in [2.75, 3.05) is 19.8 Å². The molecule has 0 aliphatic rings. The van der Waals surface area contributed by atoms with Crippen LogP contribution in [0.4, 0.5) is 0 Å². The maximum absolute atomic E-state index is 6.07. The summed E-state index contributed by atoms with van der Waals surface area (Å²) >= 11 is 0. The third-order valence-electron chi connectivity index (χ3n) is 3.12. The van der Waals surface area contributed by atoms with Crippen molar-refractivity contribution >= 4 is 10.2 Å². The second-order valence-electron chi connectivity index (χ2n) is 5.17. The maximum Gasteiger partial charge on any atom is 0.122 e. The minimum absolute atomic E-state index is 0.264. The maximum atomic E-state index is 6.07. The molecular weight excluding hydrogens is 230 g/mol. The summed E-state index contributed by atoms with van der Waals surface area (Å²) in [4.78, 5) is 0. The van der Waals surface area contributed by atoms with Crippen LogP contribution in [-0.2, 0) is 9.47 Å². The summed E-state index contributed by atoms with van der Waals surface area (Å²) in [5.41, 5.74) is -0.264. The second kappa shape index (κ2) is 8.24. The zero-order chi connectivity index (χ0) is 13.4. The molecule has 4 heteroatoms. The molecule has 104 valence electrons. The Kier molecular flexibility index (Phi) is 8.29. The number of hydrogen-bond donors (Lipinski definition) is 1. The zero-order valence-electron chi connectivity index (χ0n) is 12.6. The highest BCUT2D eigenvalue weighted by Gasteiger charge is 2.42. The van der Waals surface area contributed by atoms with Gasteiger partial charge in [-0.2, -0.15) is 0 Å². The van der Waals surface area contributed by atoms with E-state index >= 15 is 0 Å². The first-order chi connectivity index (χ1) is 7.93. The van der Waals surface area contributed by atoms with Gasteiger partial charge in [0, 0.05) is 13.2 Å². The summed E-state index contributed by atoms with van der Waals surface area (Å²) < 4.78 is 12.1. The Morgan fingerprint density at radius 1 is 0.941 bits per heavy atom. The molecule has 1 N–H and O–H groups in total. The molecule has 3 nitrogen and oxygen atoms in total. The van der Waals surface area contributed by atoms with Crippen molar-refractivity contribution in [2.24, 2.45) is 0 Å². The van der Waals surface area contributed by atoms with E-state index < -0.39 is 0 Å². The van der Waals surface area contributed by atoms with Gasteiger partial charge in [0.25, 0.3) is 0 Å². The quantitative estimate of drug-likeness (QED) is 0.479. The summed E-state index contributed by atoms with van der Waals surface area (Å²) in [5.74, 6) is 0. The van der Waals surface area contributed by atoms with Gasteiger partial charge in [-0.05, 0) is 39.7 Å². The normalized spacial score (nSPS) is 16.1. The van der Waals surface area contributed by atoms with Crippen LogP contribution in [0.1, 0.15) is 53.9 Å². The van der Waals surface area contributed by atoms with Crippen molar-refractivity contribution in [2.45, 2.75) is 64.8 Å². The molecule has 1 atom stereocenters. The summed E-state index contributed by atoms with van der Waals surface area (Å²) in [6, 6.07) is 0. The van der Waals surface area contributed by atoms with E-state index in [1.807, 2.05) is 0 Å². The lowest BCUT2D eigenvalue weighted by atomic mass is 10.1. The topological polar surface area (TPSA) is 30.5 Å². The predicted octanol–water partition coefficient (Wildman–Crippen LogP) is 1.64. The van der Waals surface area contributed by atoms with Crippen molar-refractivity contribution in [1.29, 1.82) is 0 Å². The van der Waals surface area contributed by atoms with Gasteiger partial charge in [-0.15, -0.1) is 0 Å². The Hall–Kier alpha value is 0.0969. The van der Waals surface area contributed by atoms with E-state index in [0.29, 0.717) is 0 Å². The molecule has 0 aliphatic heterocycles. The lowest BCUT2D eigenvalue weighted by Gasteiger charge is -2.44. The van der Waals surface area contributed by atoms with Gasteiger partial charge in [-0.3, -0.25) is 5.32 Å². The molecule has 0 saturated carbocycles. The van der Waals surface area contributed by atoms with E-state index in [0.717, 1.165) is 49.3 Å². The van der Waals surface area contributed by atoms with Crippen LogP contribution in [-0.4, -0.2) is 41.0 Å². The SMILES string of the molecule is CCCNC([SiH3])(OCCC)C(C)(C)OCCC. The number of ether oxygens (including phenoxy) is 2. The predicted molar refractivity (Wildman–Crippen MR) is 77.5 cm³/mol. The van der Waals surface area contributed by atoms with Crippen LogP contribution in [0.25, 0.3) is 0 Å². The Labute approximate surface area is 110 Å². The molecular formula is C13H31NO2Si. The van der Waals surface area contributed by atoms with E-state index in [1.54, 1.807) is 0 Å². The molecule has 0 aliphatic carbocycles. The molecule has 17 heavy (non-hydrogen) atoms. The highest BCUT2D eigenvalue weighted by atomic mass is 28.1. The minimum Gasteiger partial charge on any atom is -0.372 e. The lowest BCUT2D eigenvalue weighted by Crippen LogP contribution is -2.64. The third kappa shape index (κ3) is 5.51. The molecule has 1 unspecified atom stereocenters. The number of hydrogen-bond acceptors (Lipinski definition) is 3. The highest BCUT2D eigenvalue weighted by molar-refractivity contribution is 6.15. The van der Waals surface area contributed by atoms with E-state index in [1.165, 1.54) is 0 Å². The summed E-state index contributed by atoms with van der Waals surface area (Å²) in [5, 5.41) is 3.26. The van der Waals surface area contributed by atoms with Crippen LogP contribution in [0.15, 0.2) is 0 Å². The van der Waals surface area contributed by atoms with Crippen molar-refractivity contribution in [3.63, 3.8) is 0 Å². The third-order valence-corrected chi connectivity index (χ3v) is 4.97. The monoisotopic (exact) mass is 261 g/mol. The summed E-state index contributed by atoms with van der Waals surface area (Å²) in [6.07, 6.45) is 3.20. The van der Waals surface area contributed by atoms with Gasteiger partial charge in [-0.1, -0.05) is 20.8 Å². The molecule has 0 spiro atoms. The van der Waals surface area contributed by atoms with Gasteiger partial charge in [-0.25, -0.2) is 0 Å². The van der Waals surface area contributed by atoms with Gasteiger partial charge >= 0.3 is 0 Å². The van der Waals surface area contributed by atoms with Crippen LogP contribution in [0.2, 0.25) is 0 Å². The van der Waals surface area contributed by atoms with Gasteiger partial charge in [0.1, 0.15) is 10.9 Å². The molecule has 0 fully saturated rings. The Morgan fingerprint density at radius 2 is 1.47 bits per heavy atom. The number of nitrogens with one attached hydrogen (secondary N) is 1. The van der Waals surface area contributed by atoms with Crippen LogP contribution >= 0.6 is 0 Å². The fraction of sp³-hybridized carbons (Fsp3) is 1.00. The standard InChI is InChI=1S/C13H31NO2Si/c1-6-9-14-13(17,16-11-8-3)12(4,5)15-10-7-2/h14H,6-11H2,1-5,17H3. The van der Waals surface area contributed by atoms with Crippen LogP contribution in [0, 0.1) is 0 Å². The Balaban J connectivity index is 4.60. The van der Waals surface area contributed by atoms with Gasteiger partial charge < -0.3 is 9.47 Å². The van der Waals surface area contributed by atoms with E-state index in [2.05, 4.69) is 39.9 Å². The van der Waals surface area contributed by atoms with Crippen molar-refractivity contribution in [1.82, 2.24) is 5.32 Å². The Bertz CT molecular complexity index is 190. The van der Waals surface area contributed by atoms with Crippen molar-refractivity contribution < 1.29 is 9.47 Å². The fourth-order valence-corrected chi connectivity index (χ4v) is 2.20. The number of rotatable bonds is 10. The molecule has 0 amide bonds. The lowest BCUT2D eigenvalue weighted by molar-refractivity contribution is -0.165. The summed E-state index contributed by atoms with van der Waals surface area (Å²) in [7, 11) is 0.914. The molecule has 0 heterocycles. The van der Waals surface area contributed by atoms with Crippen molar-refractivity contribution in [3.05, 3.63) is 0 Å². The van der Waals surface area contributed by atoms with Crippen LogP contribution in [0.5, 0.6) is 0 Å². The van der Waals surface area contributed by atoms with Crippen LogP contribution < -0.4 is 5.32 Å².